The number of aliphatic imine (C=N–C) groups is 1. The van der Waals surface area contributed by atoms with Crippen molar-refractivity contribution in [3.63, 3.8) is 0 Å². The van der Waals surface area contributed by atoms with E-state index < -0.39 is 29.7 Å². The van der Waals surface area contributed by atoms with E-state index in [4.69, 9.17) is 14.2 Å². The first-order valence-electron chi connectivity index (χ1n) is 9.35. The smallest absolute Gasteiger partial charge is 0.337 e. The number of methoxy groups -OCH3 is 1. The Bertz CT molecular complexity index is 910. The molecule has 1 heterocycles. The molecule has 0 spiro atoms. The molecule has 1 aliphatic heterocycles. The van der Waals surface area contributed by atoms with Crippen molar-refractivity contribution in [2.45, 2.75) is 19.8 Å². The van der Waals surface area contributed by atoms with Crippen LogP contribution >= 0.6 is 0 Å². The minimum Gasteiger partial charge on any atom is -0.465 e. The predicted octanol–water partition coefficient (Wildman–Crippen LogP) is 3.38. The third kappa shape index (κ3) is 4.92. The molecular formula is C23H25NO6. The highest BCUT2D eigenvalue weighted by molar-refractivity contribution is 6.07. The lowest BCUT2D eigenvalue weighted by Crippen LogP contribution is -2.36. The number of esters is 3. The van der Waals surface area contributed by atoms with Crippen LogP contribution in [0.25, 0.3) is 0 Å². The number of hydrogen-bond acceptors (Lipinski definition) is 7. The molecule has 0 fully saturated rings. The van der Waals surface area contributed by atoms with Gasteiger partial charge in [0.25, 0.3) is 0 Å². The summed E-state index contributed by atoms with van der Waals surface area (Å²) in [4.78, 5) is 41.8. The van der Waals surface area contributed by atoms with Crippen molar-refractivity contribution in [1.29, 1.82) is 0 Å². The summed E-state index contributed by atoms with van der Waals surface area (Å²) in [6, 6.07) is 6.52. The summed E-state index contributed by atoms with van der Waals surface area (Å²) in [5.41, 5.74) is 2.22. The van der Waals surface area contributed by atoms with Crippen molar-refractivity contribution < 1.29 is 28.6 Å². The van der Waals surface area contributed by atoms with Gasteiger partial charge in [0.05, 0.1) is 18.2 Å². The second kappa shape index (κ2) is 10.3. The molecule has 0 aromatic heterocycles. The summed E-state index contributed by atoms with van der Waals surface area (Å²) < 4.78 is 15.3. The molecule has 0 saturated heterocycles. The SMILES string of the molecule is C=CCOC(=O)C1=C(C)N=C(C)C(C(=O)OCC=C)[C@@H]1c1ccc(C(=O)OC)cc1. The molecule has 1 aromatic carbocycles. The van der Waals surface area contributed by atoms with E-state index in [-0.39, 0.29) is 18.8 Å². The molecule has 30 heavy (non-hydrogen) atoms. The average molecular weight is 411 g/mol. The van der Waals surface area contributed by atoms with E-state index in [2.05, 4.69) is 18.2 Å². The standard InChI is InChI=1S/C23H25NO6/c1-6-12-29-22(26)18-14(3)24-15(4)19(23(27)30-13-7-2)20(18)16-8-10-17(11-9-16)21(25)28-5/h6-11,18,20H,1-2,12-13H2,3-5H3/t18?,20-/m0/s1. The first-order valence-corrected chi connectivity index (χ1v) is 9.35. The quantitative estimate of drug-likeness (QED) is 0.370. The number of allylic oxidation sites excluding steroid dienone is 1. The highest BCUT2D eigenvalue weighted by atomic mass is 16.5. The van der Waals surface area contributed by atoms with Crippen molar-refractivity contribution in [3.8, 4) is 0 Å². The molecule has 2 rings (SSSR count). The molecular weight excluding hydrogens is 386 g/mol. The van der Waals surface area contributed by atoms with E-state index in [1.54, 1.807) is 38.1 Å². The summed E-state index contributed by atoms with van der Waals surface area (Å²) in [7, 11) is 1.29. The minimum absolute atomic E-state index is 0.0257. The lowest BCUT2D eigenvalue weighted by Gasteiger charge is -2.31. The maximum absolute atomic E-state index is 12.8. The van der Waals surface area contributed by atoms with Crippen LogP contribution in [0.1, 0.15) is 35.7 Å². The Kier molecular flexibility index (Phi) is 7.86. The van der Waals surface area contributed by atoms with E-state index in [1.807, 2.05) is 0 Å². The van der Waals surface area contributed by atoms with Gasteiger partial charge in [-0.2, -0.15) is 0 Å². The monoisotopic (exact) mass is 411 g/mol. The van der Waals surface area contributed by atoms with Crippen LogP contribution in [0.15, 0.2) is 65.8 Å². The van der Waals surface area contributed by atoms with Crippen LogP contribution in [0, 0.1) is 5.92 Å². The lowest BCUT2D eigenvalue weighted by molar-refractivity contribution is -0.145. The Hall–Kier alpha value is -3.48. The van der Waals surface area contributed by atoms with Gasteiger partial charge in [-0.25, -0.2) is 9.59 Å². The van der Waals surface area contributed by atoms with Gasteiger partial charge in [-0.15, -0.1) is 0 Å². The zero-order valence-electron chi connectivity index (χ0n) is 17.3. The lowest BCUT2D eigenvalue weighted by atomic mass is 9.75. The van der Waals surface area contributed by atoms with Crippen LogP contribution in [0.4, 0.5) is 0 Å². The van der Waals surface area contributed by atoms with Crippen LogP contribution in [0.3, 0.4) is 0 Å². The summed E-state index contributed by atoms with van der Waals surface area (Å²) in [6.07, 6.45) is 2.93. The van der Waals surface area contributed by atoms with Crippen molar-refractivity contribution >= 4 is 23.6 Å². The molecule has 0 saturated carbocycles. The fraction of sp³-hybridized carbons (Fsp3) is 0.304. The topological polar surface area (TPSA) is 91.3 Å². The molecule has 158 valence electrons. The van der Waals surface area contributed by atoms with Crippen molar-refractivity contribution in [2.24, 2.45) is 10.9 Å². The van der Waals surface area contributed by atoms with E-state index >= 15 is 0 Å². The number of carbonyl (C=O) groups is 3. The first-order chi connectivity index (χ1) is 14.3. The molecule has 0 aliphatic carbocycles. The van der Waals surface area contributed by atoms with Crippen molar-refractivity contribution in [3.05, 3.63) is 72.0 Å². The number of nitrogens with zero attached hydrogens (tertiary/aromatic N) is 1. The second-order valence-electron chi connectivity index (χ2n) is 6.63. The van der Waals surface area contributed by atoms with Gasteiger partial charge in [-0.3, -0.25) is 9.79 Å². The number of carbonyl (C=O) groups excluding carboxylic acids is 3. The first kappa shape index (κ1) is 22.8. The van der Waals surface area contributed by atoms with E-state index in [9.17, 15) is 14.4 Å². The maximum Gasteiger partial charge on any atom is 0.337 e. The molecule has 0 bridgehead atoms. The minimum atomic E-state index is -0.830. The maximum atomic E-state index is 12.8. The van der Waals surface area contributed by atoms with Crippen LogP contribution in [-0.4, -0.2) is 43.9 Å². The molecule has 1 aromatic rings. The highest BCUT2D eigenvalue weighted by Crippen LogP contribution is 2.40. The van der Waals surface area contributed by atoms with Crippen LogP contribution in [0.2, 0.25) is 0 Å². The molecule has 0 N–H and O–H groups in total. The summed E-state index contributed by atoms with van der Waals surface area (Å²) >= 11 is 0. The fourth-order valence-corrected chi connectivity index (χ4v) is 3.36. The molecule has 7 heteroatoms. The molecule has 0 amide bonds. The van der Waals surface area contributed by atoms with Gasteiger partial charge in [0, 0.05) is 17.3 Å². The largest absolute Gasteiger partial charge is 0.465 e. The summed E-state index contributed by atoms with van der Waals surface area (Å²) in [6.45, 7) is 10.6. The number of benzene rings is 1. The zero-order chi connectivity index (χ0) is 22.3. The third-order valence-electron chi connectivity index (χ3n) is 4.67. The van der Waals surface area contributed by atoms with Gasteiger partial charge in [0.1, 0.15) is 19.1 Å². The highest BCUT2D eigenvalue weighted by Gasteiger charge is 2.42. The van der Waals surface area contributed by atoms with Gasteiger partial charge in [-0.1, -0.05) is 37.4 Å². The molecule has 7 nitrogen and oxygen atoms in total. The van der Waals surface area contributed by atoms with Gasteiger partial charge < -0.3 is 14.2 Å². The van der Waals surface area contributed by atoms with E-state index in [0.717, 1.165) is 0 Å². The number of ether oxygens (including phenoxy) is 3. The fourth-order valence-electron chi connectivity index (χ4n) is 3.36. The average Bonchev–Trinajstić information content (AvgIpc) is 2.74. The summed E-state index contributed by atoms with van der Waals surface area (Å²) in [5.74, 6) is -3.12. The Morgan fingerprint density at radius 2 is 1.60 bits per heavy atom. The predicted molar refractivity (Wildman–Crippen MR) is 112 cm³/mol. The molecule has 2 atom stereocenters. The Morgan fingerprint density at radius 3 is 2.17 bits per heavy atom. The third-order valence-corrected chi connectivity index (χ3v) is 4.67. The Balaban J connectivity index is 2.57. The van der Waals surface area contributed by atoms with Crippen LogP contribution in [0.5, 0.6) is 0 Å². The number of hydrogen-bond donors (Lipinski definition) is 0. The van der Waals surface area contributed by atoms with Crippen LogP contribution in [-0.2, 0) is 23.8 Å². The molecule has 1 unspecified atom stereocenters. The second-order valence-corrected chi connectivity index (χ2v) is 6.63. The van der Waals surface area contributed by atoms with E-state index in [0.29, 0.717) is 22.5 Å². The molecule has 1 aliphatic rings. The Morgan fingerprint density at radius 1 is 1.00 bits per heavy atom. The van der Waals surface area contributed by atoms with E-state index in [1.165, 1.54) is 19.3 Å². The molecule has 0 radical (unpaired) electrons. The van der Waals surface area contributed by atoms with Crippen LogP contribution < -0.4 is 0 Å². The van der Waals surface area contributed by atoms with Gasteiger partial charge in [0.15, 0.2) is 0 Å². The normalized spacial score (nSPS) is 18.2. The van der Waals surface area contributed by atoms with Gasteiger partial charge >= 0.3 is 17.9 Å². The van der Waals surface area contributed by atoms with Crippen molar-refractivity contribution in [1.82, 2.24) is 0 Å². The summed E-state index contributed by atoms with van der Waals surface area (Å²) in [5, 5.41) is 0. The zero-order valence-corrected chi connectivity index (χ0v) is 17.3. The number of rotatable bonds is 8. The Labute approximate surface area is 175 Å². The van der Waals surface area contributed by atoms with Gasteiger partial charge in [0.2, 0.25) is 0 Å². The van der Waals surface area contributed by atoms with Gasteiger partial charge in [-0.05, 0) is 31.5 Å². The van der Waals surface area contributed by atoms with Crippen molar-refractivity contribution in [2.75, 3.05) is 20.3 Å².